The van der Waals surface area contributed by atoms with E-state index in [9.17, 15) is 4.79 Å². The van der Waals surface area contributed by atoms with Crippen LogP contribution in [-0.4, -0.2) is 41.0 Å². The van der Waals surface area contributed by atoms with Gasteiger partial charge in [-0.3, -0.25) is 4.79 Å². The van der Waals surface area contributed by atoms with Crippen LogP contribution in [0.5, 0.6) is 0 Å². The van der Waals surface area contributed by atoms with Crippen molar-refractivity contribution in [2.45, 2.75) is 62.9 Å². The first-order valence-corrected chi connectivity index (χ1v) is 10.7. The lowest BCUT2D eigenvalue weighted by molar-refractivity contribution is -0.134. The molecule has 1 saturated carbocycles. The standard InChI is InChI=1S/C21H26ClN3O2/c22-15-5-6-19-17(12-15)24-20(27-19)13-7-9-25(10-8-13)21(26)18-11-14-3-1-2-4-16(14)23-18/h5-6,12-14,16,18,23H,1-4,7-11H2. The summed E-state index contributed by atoms with van der Waals surface area (Å²) in [5.41, 5.74) is 1.60. The summed E-state index contributed by atoms with van der Waals surface area (Å²) >= 11 is 6.04. The van der Waals surface area contributed by atoms with Crippen LogP contribution in [0.25, 0.3) is 11.1 Å². The van der Waals surface area contributed by atoms with Crippen molar-refractivity contribution in [1.82, 2.24) is 15.2 Å². The van der Waals surface area contributed by atoms with E-state index in [1.165, 1.54) is 25.7 Å². The van der Waals surface area contributed by atoms with Crippen LogP contribution >= 0.6 is 11.6 Å². The molecule has 2 saturated heterocycles. The van der Waals surface area contributed by atoms with Gasteiger partial charge in [-0.1, -0.05) is 24.4 Å². The van der Waals surface area contributed by atoms with Crippen molar-refractivity contribution in [3.8, 4) is 0 Å². The van der Waals surface area contributed by atoms with E-state index in [-0.39, 0.29) is 12.0 Å². The van der Waals surface area contributed by atoms with Crippen molar-refractivity contribution in [2.75, 3.05) is 13.1 Å². The topological polar surface area (TPSA) is 58.4 Å². The van der Waals surface area contributed by atoms with Crippen LogP contribution in [-0.2, 0) is 4.79 Å². The summed E-state index contributed by atoms with van der Waals surface area (Å²) in [5.74, 6) is 2.06. The molecule has 144 valence electrons. The molecule has 6 heteroatoms. The molecular formula is C21H26ClN3O2. The lowest BCUT2D eigenvalue weighted by atomic mass is 9.85. The minimum atomic E-state index is 0.0288. The third kappa shape index (κ3) is 3.36. The molecule has 2 aliphatic heterocycles. The molecule has 1 aromatic carbocycles. The second-order valence-corrected chi connectivity index (χ2v) is 8.81. The fourth-order valence-corrected chi connectivity index (χ4v) is 5.34. The Labute approximate surface area is 164 Å². The van der Waals surface area contributed by atoms with Gasteiger partial charge >= 0.3 is 0 Å². The Morgan fingerprint density at radius 2 is 2.00 bits per heavy atom. The van der Waals surface area contributed by atoms with Gasteiger partial charge in [-0.2, -0.15) is 0 Å². The molecule has 0 spiro atoms. The zero-order valence-corrected chi connectivity index (χ0v) is 16.3. The van der Waals surface area contributed by atoms with Crippen molar-refractivity contribution in [2.24, 2.45) is 5.92 Å². The molecule has 5 rings (SSSR count). The maximum absolute atomic E-state index is 13.0. The molecule has 1 aliphatic carbocycles. The summed E-state index contributed by atoms with van der Waals surface area (Å²) in [7, 11) is 0. The fourth-order valence-electron chi connectivity index (χ4n) is 5.17. The number of nitrogens with zero attached hydrogens (tertiary/aromatic N) is 2. The van der Waals surface area contributed by atoms with Gasteiger partial charge in [-0.05, 0) is 56.2 Å². The highest BCUT2D eigenvalue weighted by Gasteiger charge is 2.40. The average molecular weight is 388 g/mol. The number of benzene rings is 1. The molecule has 27 heavy (non-hydrogen) atoms. The number of oxazole rings is 1. The first kappa shape index (κ1) is 17.5. The number of nitrogens with one attached hydrogen (secondary N) is 1. The number of piperidine rings is 1. The van der Waals surface area contributed by atoms with Gasteiger partial charge < -0.3 is 14.6 Å². The van der Waals surface area contributed by atoms with E-state index in [4.69, 9.17) is 16.0 Å². The van der Waals surface area contributed by atoms with Gasteiger partial charge in [0.25, 0.3) is 0 Å². The van der Waals surface area contributed by atoms with E-state index >= 15 is 0 Å². The molecule has 1 N–H and O–H groups in total. The molecule has 3 fully saturated rings. The monoisotopic (exact) mass is 387 g/mol. The van der Waals surface area contributed by atoms with Crippen molar-refractivity contribution >= 4 is 28.6 Å². The van der Waals surface area contributed by atoms with Crippen molar-refractivity contribution < 1.29 is 9.21 Å². The molecule has 3 heterocycles. The second-order valence-electron chi connectivity index (χ2n) is 8.37. The largest absolute Gasteiger partial charge is 0.440 e. The average Bonchev–Trinajstić information content (AvgIpc) is 3.31. The first-order chi connectivity index (χ1) is 13.2. The van der Waals surface area contributed by atoms with E-state index < -0.39 is 0 Å². The maximum atomic E-state index is 13.0. The molecule has 5 nitrogen and oxygen atoms in total. The Kier molecular flexibility index (Phi) is 4.60. The van der Waals surface area contributed by atoms with Crippen molar-refractivity contribution in [1.29, 1.82) is 0 Å². The van der Waals surface area contributed by atoms with Gasteiger partial charge in [0.15, 0.2) is 11.5 Å². The Morgan fingerprint density at radius 1 is 1.19 bits per heavy atom. The molecule has 3 aliphatic rings. The normalized spacial score (nSPS) is 29.2. The van der Waals surface area contributed by atoms with Crippen LogP contribution in [0.1, 0.15) is 56.8 Å². The van der Waals surface area contributed by atoms with Gasteiger partial charge in [-0.15, -0.1) is 0 Å². The Bertz CT molecular complexity index is 829. The lowest BCUT2D eigenvalue weighted by Gasteiger charge is -2.32. The number of carbonyl (C=O) groups is 1. The molecule has 1 aromatic heterocycles. The number of rotatable bonds is 2. The van der Waals surface area contributed by atoms with Gasteiger partial charge in [0.2, 0.25) is 5.91 Å². The molecule has 1 amide bonds. The Hall–Kier alpha value is -1.59. The summed E-state index contributed by atoms with van der Waals surface area (Å²) in [5, 5.41) is 4.29. The number of likely N-dealkylation sites (tertiary alicyclic amines) is 1. The van der Waals surface area contributed by atoms with Crippen LogP contribution in [0.2, 0.25) is 5.02 Å². The van der Waals surface area contributed by atoms with Crippen LogP contribution in [0.15, 0.2) is 22.6 Å². The number of amides is 1. The smallest absolute Gasteiger partial charge is 0.239 e. The third-order valence-corrected chi connectivity index (χ3v) is 6.92. The fraction of sp³-hybridized carbons (Fsp3) is 0.619. The number of hydrogen-bond donors (Lipinski definition) is 1. The quantitative estimate of drug-likeness (QED) is 0.842. The number of aromatic nitrogens is 1. The van der Waals surface area contributed by atoms with Gasteiger partial charge in [0, 0.05) is 30.1 Å². The predicted octanol–water partition coefficient (Wildman–Crippen LogP) is 4.11. The van der Waals surface area contributed by atoms with E-state index in [2.05, 4.69) is 10.3 Å². The van der Waals surface area contributed by atoms with Gasteiger partial charge in [0.1, 0.15) is 5.52 Å². The number of carbonyl (C=O) groups excluding carboxylic acids is 1. The second kappa shape index (κ2) is 7.10. The highest BCUT2D eigenvalue weighted by atomic mass is 35.5. The minimum absolute atomic E-state index is 0.0288. The number of halogens is 1. The summed E-state index contributed by atoms with van der Waals surface area (Å²) < 4.78 is 5.94. The van der Waals surface area contributed by atoms with Gasteiger partial charge in [-0.25, -0.2) is 4.98 Å². The highest BCUT2D eigenvalue weighted by molar-refractivity contribution is 6.31. The molecule has 2 aromatic rings. The highest BCUT2D eigenvalue weighted by Crippen LogP contribution is 2.35. The molecular weight excluding hydrogens is 362 g/mol. The van der Waals surface area contributed by atoms with E-state index in [1.54, 1.807) is 0 Å². The zero-order valence-electron chi connectivity index (χ0n) is 15.5. The number of fused-ring (bicyclic) bond motifs is 2. The Morgan fingerprint density at radius 3 is 2.81 bits per heavy atom. The summed E-state index contributed by atoms with van der Waals surface area (Å²) in [6.45, 7) is 1.58. The van der Waals surface area contributed by atoms with E-state index in [0.29, 0.717) is 22.9 Å². The van der Waals surface area contributed by atoms with E-state index in [1.807, 2.05) is 23.1 Å². The SMILES string of the molecule is O=C(C1CC2CCCCC2N1)N1CCC(c2nc3cc(Cl)ccc3o2)CC1. The maximum Gasteiger partial charge on any atom is 0.239 e. The van der Waals surface area contributed by atoms with Crippen LogP contribution in [0, 0.1) is 5.92 Å². The number of hydrogen-bond acceptors (Lipinski definition) is 4. The van der Waals surface area contributed by atoms with Crippen LogP contribution in [0.4, 0.5) is 0 Å². The van der Waals surface area contributed by atoms with E-state index in [0.717, 1.165) is 49.3 Å². The zero-order chi connectivity index (χ0) is 18.4. The Balaban J connectivity index is 1.21. The summed E-state index contributed by atoms with van der Waals surface area (Å²) in [6.07, 6.45) is 7.98. The van der Waals surface area contributed by atoms with Gasteiger partial charge in [0.05, 0.1) is 6.04 Å². The summed E-state index contributed by atoms with van der Waals surface area (Å²) in [4.78, 5) is 19.6. The molecule has 0 radical (unpaired) electrons. The molecule has 3 atom stereocenters. The summed E-state index contributed by atoms with van der Waals surface area (Å²) in [6, 6.07) is 6.14. The van der Waals surface area contributed by atoms with Crippen molar-refractivity contribution in [3.05, 3.63) is 29.1 Å². The van der Waals surface area contributed by atoms with Crippen LogP contribution < -0.4 is 5.32 Å². The minimum Gasteiger partial charge on any atom is -0.440 e. The molecule has 3 unspecified atom stereocenters. The predicted molar refractivity (Wildman–Crippen MR) is 105 cm³/mol. The van der Waals surface area contributed by atoms with Crippen LogP contribution in [0.3, 0.4) is 0 Å². The molecule has 0 bridgehead atoms. The first-order valence-electron chi connectivity index (χ1n) is 10.3. The van der Waals surface area contributed by atoms with Crippen molar-refractivity contribution in [3.63, 3.8) is 0 Å². The third-order valence-electron chi connectivity index (χ3n) is 6.68. The lowest BCUT2D eigenvalue weighted by Crippen LogP contribution is -2.48.